The van der Waals surface area contributed by atoms with Crippen LogP contribution >= 0.6 is 11.6 Å². The van der Waals surface area contributed by atoms with Crippen molar-refractivity contribution in [1.82, 2.24) is 14.5 Å². The maximum Gasteiger partial charge on any atom is 0.164 e. The van der Waals surface area contributed by atoms with Crippen LogP contribution in [-0.2, 0) is 9.47 Å². The number of hydrogen-bond acceptors (Lipinski definition) is 5. The Kier molecular flexibility index (Phi) is 3.35. The SMILES string of the molecule is CC(O)C1=C[C@@H](n2ccc3c(Cl)ncnc32)[C@@H]2OC(C)(C)O[C@]12C. The van der Waals surface area contributed by atoms with E-state index in [0.717, 1.165) is 16.6 Å². The lowest BCUT2D eigenvalue weighted by Crippen LogP contribution is -2.40. The Morgan fingerprint density at radius 1 is 1.33 bits per heavy atom. The van der Waals surface area contributed by atoms with E-state index in [1.165, 1.54) is 6.33 Å². The molecule has 2 aromatic rings. The van der Waals surface area contributed by atoms with Crippen molar-refractivity contribution in [3.63, 3.8) is 0 Å². The van der Waals surface area contributed by atoms with Gasteiger partial charge in [-0.1, -0.05) is 17.7 Å². The molecule has 1 N–H and O–H groups in total. The zero-order valence-corrected chi connectivity index (χ0v) is 14.8. The third kappa shape index (κ3) is 2.14. The number of ether oxygens (including phenoxy) is 2. The number of fused-ring (bicyclic) bond motifs is 2. The van der Waals surface area contributed by atoms with Crippen molar-refractivity contribution in [3.8, 4) is 0 Å². The van der Waals surface area contributed by atoms with Crippen LogP contribution in [0.4, 0.5) is 0 Å². The van der Waals surface area contributed by atoms with Crippen molar-refractivity contribution in [1.29, 1.82) is 0 Å². The summed E-state index contributed by atoms with van der Waals surface area (Å²) in [6.45, 7) is 7.50. The van der Waals surface area contributed by atoms with Gasteiger partial charge in [-0.2, -0.15) is 0 Å². The van der Waals surface area contributed by atoms with Gasteiger partial charge in [0.05, 0.1) is 17.5 Å². The third-order valence-corrected chi connectivity index (χ3v) is 5.18. The van der Waals surface area contributed by atoms with E-state index < -0.39 is 17.5 Å². The summed E-state index contributed by atoms with van der Waals surface area (Å²) in [5.41, 5.74) is 0.874. The van der Waals surface area contributed by atoms with Gasteiger partial charge < -0.3 is 19.1 Å². The Bertz CT molecular complexity index is 845. The molecule has 0 radical (unpaired) electrons. The van der Waals surface area contributed by atoms with E-state index >= 15 is 0 Å². The summed E-state index contributed by atoms with van der Waals surface area (Å²) < 4.78 is 14.4. The molecular formula is C17H20ClN3O3. The summed E-state index contributed by atoms with van der Waals surface area (Å²) >= 11 is 6.16. The van der Waals surface area contributed by atoms with Crippen LogP contribution in [-0.4, -0.2) is 43.2 Å². The van der Waals surface area contributed by atoms with E-state index in [4.69, 9.17) is 21.1 Å². The second-order valence-corrected chi connectivity index (χ2v) is 7.42. The van der Waals surface area contributed by atoms with Gasteiger partial charge in [-0.15, -0.1) is 0 Å². The van der Waals surface area contributed by atoms with Crippen LogP contribution in [0, 0.1) is 0 Å². The molecule has 24 heavy (non-hydrogen) atoms. The van der Waals surface area contributed by atoms with Gasteiger partial charge in [0.25, 0.3) is 0 Å². The molecule has 0 saturated carbocycles. The molecular weight excluding hydrogens is 330 g/mol. The van der Waals surface area contributed by atoms with Crippen LogP contribution in [0.2, 0.25) is 5.15 Å². The normalized spacial score (nSPS) is 32.8. The first-order valence-corrected chi connectivity index (χ1v) is 8.36. The summed E-state index contributed by atoms with van der Waals surface area (Å²) in [6.07, 6.45) is 4.50. The van der Waals surface area contributed by atoms with E-state index in [1.807, 2.05) is 43.7 Å². The molecule has 1 unspecified atom stereocenters. The first-order valence-electron chi connectivity index (χ1n) is 7.98. The first kappa shape index (κ1) is 16.0. The van der Waals surface area contributed by atoms with Crippen molar-refractivity contribution < 1.29 is 14.6 Å². The average molecular weight is 350 g/mol. The van der Waals surface area contributed by atoms with Crippen molar-refractivity contribution in [2.24, 2.45) is 0 Å². The third-order valence-electron chi connectivity index (χ3n) is 4.88. The van der Waals surface area contributed by atoms with Gasteiger partial charge in [0, 0.05) is 6.20 Å². The molecule has 0 spiro atoms. The predicted molar refractivity (Wildman–Crippen MR) is 89.8 cm³/mol. The molecule has 1 fully saturated rings. The molecule has 0 amide bonds. The van der Waals surface area contributed by atoms with Gasteiger partial charge in [-0.25, -0.2) is 9.97 Å². The Hall–Kier alpha value is -1.47. The summed E-state index contributed by atoms with van der Waals surface area (Å²) in [6, 6.07) is 1.74. The number of nitrogens with zero attached hydrogens (tertiary/aromatic N) is 3. The number of aliphatic hydroxyl groups is 1. The minimum atomic E-state index is -0.721. The fourth-order valence-corrected chi connectivity index (χ4v) is 4.22. The second-order valence-electron chi connectivity index (χ2n) is 7.06. The molecule has 1 aliphatic heterocycles. The van der Waals surface area contributed by atoms with Crippen molar-refractivity contribution in [2.45, 2.75) is 57.3 Å². The molecule has 2 aromatic heterocycles. The molecule has 6 nitrogen and oxygen atoms in total. The van der Waals surface area contributed by atoms with Crippen LogP contribution in [0.25, 0.3) is 11.0 Å². The molecule has 4 rings (SSSR count). The summed E-state index contributed by atoms with van der Waals surface area (Å²) in [7, 11) is 0. The molecule has 3 heterocycles. The molecule has 1 saturated heterocycles. The van der Waals surface area contributed by atoms with E-state index in [9.17, 15) is 5.11 Å². The molecule has 0 bridgehead atoms. The zero-order chi connectivity index (χ0) is 17.3. The van der Waals surface area contributed by atoms with E-state index in [0.29, 0.717) is 5.15 Å². The van der Waals surface area contributed by atoms with Gasteiger partial charge in [0.1, 0.15) is 28.8 Å². The number of rotatable bonds is 2. The first-order chi connectivity index (χ1) is 11.2. The fraction of sp³-hybridized carbons (Fsp3) is 0.529. The van der Waals surface area contributed by atoms with Gasteiger partial charge in [-0.3, -0.25) is 0 Å². The lowest BCUT2D eigenvalue weighted by molar-refractivity contribution is -0.159. The van der Waals surface area contributed by atoms with Crippen molar-refractivity contribution in [2.75, 3.05) is 0 Å². The maximum atomic E-state index is 10.2. The molecule has 2 aliphatic rings. The molecule has 7 heteroatoms. The Balaban J connectivity index is 1.87. The smallest absolute Gasteiger partial charge is 0.164 e. The number of aromatic nitrogens is 3. The Morgan fingerprint density at radius 3 is 2.79 bits per heavy atom. The lowest BCUT2D eigenvalue weighted by Gasteiger charge is -2.29. The number of aliphatic hydroxyl groups excluding tert-OH is 1. The quantitative estimate of drug-likeness (QED) is 0.667. The van der Waals surface area contributed by atoms with Crippen LogP contribution in [0.5, 0.6) is 0 Å². The molecule has 0 aromatic carbocycles. The Labute approximate surface area is 145 Å². The Morgan fingerprint density at radius 2 is 2.08 bits per heavy atom. The van der Waals surface area contributed by atoms with Gasteiger partial charge in [0.15, 0.2) is 5.79 Å². The predicted octanol–water partition coefficient (Wildman–Crippen LogP) is 2.86. The van der Waals surface area contributed by atoms with E-state index in [-0.39, 0.29) is 12.1 Å². The van der Waals surface area contributed by atoms with Crippen molar-refractivity contribution in [3.05, 3.63) is 35.4 Å². The standard InChI is InChI=1S/C17H20ClN3O3/c1-9(22)11-7-12(13-17(11,4)24-16(2,3)23-13)21-6-5-10-14(18)19-8-20-15(10)21/h5-9,12-13,22H,1-4H3/t9?,12-,13+,17-/m1/s1. The summed E-state index contributed by atoms with van der Waals surface area (Å²) in [4.78, 5) is 8.39. The average Bonchev–Trinajstić information content (AvgIpc) is 3.07. The van der Waals surface area contributed by atoms with E-state index in [2.05, 4.69) is 9.97 Å². The zero-order valence-electron chi connectivity index (χ0n) is 14.0. The van der Waals surface area contributed by atoms with Crippen LogP contribution < -0.4 is 0 Å². The van der Waals surface area contributed by atoms with Crippen LogP contribution in [0.15, 0.2) is 30.2 Å². The highest BCUT2D eigenvalue weighted by atomic mass is 35.5. The molecule has 4 atom stereocenters. The van der Waals surface area contributed by atoms with Crippen LogP contribution in [0.1, 0.15) is 33.7 Å². The van der Waals surface area contributed by atoms with Crippen LogP contribution in [0.3, 0.4) is 0 Å². The minimum absolute atomic E-state index is 0.148. The minimum Gasteiger partial charge on any atom is -0.389 e. The van der Waals surface area contributed by atoms with Gasteiger partial charge >= 0.3 is 0 Å². The lowest BCUT2D eigenvalue weighted by atomic mass is 9.92. The van der Waals surface area contributed by atoms with Gasteiger partial charge in [-0.05, 0) is 39.3 Å². The summed E-state index contributed by atoms with van der Waals surface area (Å²) in [5, 5.41) is 11.5. The fourth-order valence-electron chi connectivity index (χ4n) is 4.03. The maximum absolute atomic E-state index is 10.2. The largest absolute Gasteiger partial charge is 0.389 e. The topological polar surface area (TPSA) is 69.4 Å². The van der Waals surface area contributed by atoms with E-state index in [1.54, 1.807) is 6.92 Å². The number of hydrogen-bond donors (Lipinski definition) is 1. The monoisotopic (exact) mass is 349 g/mol. The van der Waals surface area contributed by atoms with Crippen molar-refractivity contribution >= 4 is 22.6 Å². The molecule has 1 aliphatic carbocycles. The second kappa shape index (κ2) is 5.02. The highest BCUT2D eigenvalue weighted by Gasteiger charge is 2.59. The number of halogens is 1. The van der Waals surface area contributed by atoms with Gasteiger partial charge in [0.2, 0.25) is 0 Å². The highest BCUT2D eigenvalue weighted by molar-refractivity contribution is 6.33. The highest BCUT2D eigenvalue weighted by Crippen LogP contribution is 2.51. The molecule has 128 valence electrons. The summed E-state index contributed by atoms with van der Waals surface area (Å²) in [5.74, 6) is -0.721.